The molecule has 0 saturated heterocycles. The Morgan fingerprint density at radius 3 is 2.65 bits per heavy atom. The minimum Gasteiger partial charge on any atom is -0.497 e. The Morgan fingerprint density at radius 1 is 1.19 bits per heavy atom. The van der Waals surface area contributed by atoms with Crippen LogP contribution in [0, 0.1) is 0 Å². The Kier molecular flexibility index (Phi) is 6.79. The molecule has 0 unspecified atom stereocenters. The molecule has 0 radical (unpaired) electrons. The summed E-state index contributed by atoms with van der Waals surface area (Å²) >= 11 is 0. The molecule has 0 fully saturated rings. The maximum absolute atomic E-state index is 13.1. The molecule has 3 N–H and O–H groups in total. The normalized spacial score (nSPS) is 19.9. The van der Waals surface area contributed by atoms with Crippen molar-refractivity contribution in [1.82, 2.24) is 10.2 Å². The zero-order valence-electron chi connectivity index (χ0n) is 17.9. The van der Waals surface area contributed by atoms with E-state index in [0.717, 1.165) is 11.1 Å². The largest absolute Gasteiger partial charge is 0.497 e. The summed E-state index contributed by atoms with van der Waals surface area (Å²) in [6.45, 7) is 2.09. The first-order chi connectivity index (χ1) is 14.8. The number of benzene rings is 2. The number of carbonyl (C=O) groups is 3. The summed E-state index contributed by atoms with van der Waals surface area (Å²) in [5.41, 5.74) is 7.43. The second kappa shape index (κ2) is 9.51. The molecule has 3 rings (SSSR count). The molecule has 8 nitrogen and oxygen atoms in total. The zero-order valence-corrected chi connectivity index (χ0v) is 17.9. The summed E-state index contributed by atoms with van der Waals surface area (Å²) in [6.07, 6.45) is 0.192. The van der Waals surface area contributed by atoms with Crippen LogP contribution in [0.3, 0.4) is 0 Å². The number of nitrogens with zero attached hydrogens (tertiary/aromatic N) is 1. The van der Waals surface area contributed by atoms with Crippen LogP contribution in [0.5, 0.6) is 11.5 Å². The minimum atomic E-state index is -0.897. The molecule has 8 heteroatoms. The fourth-order valence-corrected chi connectivity index (χ4v) is 3.55. The SMILES string of the molecule is COc1ccc2c(c1)-c1cccc(c1)C(=O)N(C)[C@H](C(N)=O)CCC(=O)N[C@H](C)CO2. The predicted molar refractivity (Wildman–Crippen MR) is 116 cm³/mol. The Balaban J connectivity index is 2.08. The van der Waals surface area contributed by atoms with Crippen molar-refractivity contribution in [2.75, 3.05) is 20.8 Å². The fourth-order valence-electron chi connectivity index (χ4n) is 3.55. The Hall–Kier alpha value is -3.55. The maximum atomic E-state index is 13.1. The van der Waals surface area contributed by atoms with Crippen LogP contribution in [-0.2, 0) is 9.59 Å². The van der Waals surface area contributed by atoms with Crippen LogP contribution in [-0.4, -0.2) is 55.5 Å². The molecule has 0 aromatic heterocycles. The first-order valence-electron chi connectivity index (χ1n) is 10.1. The van der Waals surface area contributed by atoms with Crippen LogP contribution in [0.4, 0.5) is 0 Å². The number of amides is 3. The van der Waals surface area contributed by atoms with Gasteiger partial charge in [-0.25, -0.2) is 0 Å². The number of likely N-dealkylation sites (N-methyl/N-ethyl adjacent to an activating group) is 1. The smallest absolute Gasteiger partial charge is 0.254 e. The minimum absolute atomic E-state index is 0.0589. The van der Waals surface area contributed by atoms with Crippen molar-refractivity contribution in [3.63, 3.8) is 0 Å². The molecule has 1 heterocycles. The maximum Gasteiger partial charge on any atom is 0.254 e. The third kappa shape index (κ3) is 5.14. The number of hydrogen-bond donors (Lipinski definition) is 2. The van der Waals surface area contributed by atoms with Gasteiger partial charge in [-0.2, -0.15) is 0 Å². The molecule has 1 aliphatic heterocycles. The highest BCUT2D eigenvalue weighted by Gasteiger charge is 2.27. The highest BCUT2D eigenvalue weighted by molar-refractivity contribution is 5.98. The summed E-state index contributed by atoms with van der Waals surface area (Å²) in [4.78, 5) is 38.7. The standard InChI is InChI=1S/C23H27N3O5/c1-14-13-31-20-9-7-17(30-3)12-18(20)15-5-4-6-16(11-15)23(29)26(2)19(22(24)28)8-10-21(27)25-14/h4-7,9,11-12,14,19H,8,10,13H2,1-3H3,(H2,24,28)(H,25,27)/t14-,19+/m1/s1. The summed E-state index contributed by atoms with van der Waals surface area (Å²) in [5, 5.41) is 2.85. The Bertz CT molecular complexity index is 991. The van der Waals surface area contributed by atoms with Crippen molar-refractivity contribution < 1.29 is 23.9 Å². The molecule has 31 heavy (non-hydrogen) atoms. The van der Waals surface area contributed by atoms with E-state index in [2.05, 4.69) is 5.32 Å². The topological polar surface area (TPSA) is 111 Å². The van der Waals surface area contributed by atoms with Gasteiger partial charge in [-0.3, -0.25) is 14.4 Å². The lowest BCUT2D eigenvalue weighted by Crippen LogP contribution is -2.46. The van der Waals surface area contributed by atoms with Crippen molar-refractivity contribution in [3.05, 3.63) is 48.0 Å². The number of fused-ring (bicyclic) bond motifs is 4. The van der Waals surface area contributed by atoms with Gasteiger partial charge in [0.1, 0.15) is 24.1 Å². The van der Waals surface area contributed by atoms with Gasteiger partial charge < -0.3 is 25.4 Å². The van der Waals surface area contributed by atoms with Gasteiger partial charge in [0.2, 0.25) is 11.8 Å². The van der Waals surface area contributed by atoms with Gasteiger partial charge in [0, 0.05) is 24.6 Å². The fraction of sp³-hybridized carbons (Fsp3) is 0.348. The number of carbonyl (C=O) groups excluding carboxylic acids is 3. The molecule has 0 spiro atoms. The second-order valence-electron chi connectivity index (χ2n) is 7.60. The third-order valence-electron chi connectivity index (χ3n) is 5.26. The average molecular weight is 425 g/mol. The number of rotatable bonds is 2. The lowest BCUT2D eigenvalue weighted by molar-refractivity contribution is -0.124. The molecule has 2 atom stereocenters. The number of primary amides is 1. The highest BCUT2D eigenvalue weighted by Crippen LogP contribution is 2.34. The van der Waals surface area contributed by atoms with Crippen molar-refractivity contribution in [2.45, 2.75) is 31.8 Å². The number of hydrogen-bond acceptors (Lipinski definition) is 5. The average Bonchev–Trinajstić information content (AvgIpc) is 2.76. The summed E-state index contributed by atoms with van der Waals surface area (Å²) in [7, 11) is 3.09. The summed E-state index contributed by atoms with van der Waals surface area (Å²) in [5.74, 6) is -0.0159. The van der Waals surface area contributed by atoms with Gasteiger partial charge in [-0.1, -0.05) is 12.1 Å². The van der Waals surface area contributed by atoms with Gasteiger partial charge in [0.05, 0.1) is 13.2 Å². The first kappa shape index (κ1) is 22.1. The number of nitrogens with one attached hydrogen (secondary N) is 1. The van der Waals surface area contributed by atoms with Crippen LogP contribution < -0.4 is 20.5 Å². The van der Waals surface area contributed by atoms with Crippen molar-refractivity contribution in [2.24, 2.45) is 5.73 Å². The van der Waals surface area contributed by atoms with Gasteiger partial charge in [-0.05, 0) is 49.2 Å². The molecular weight excluding hydrogens is 398 g/mol. The van der Waals surface area contributed by atoms with Crippen LogP contribution in [0.1, 0.15) is 30.1 Å². The predicted octanol–water partition coefficient (Wildman–Crippen LogP) is 1.97. The van der Waals surface area contributed by atoms with E-state index < -0.39 is 11.9 Å². The monoisotopic (exact) mass is 425 g/mol. The van der Waals surface area contributed by atoms with E-state index in [9.17, 15) is 14.4 Å². The Labute approximate surface area is 181 Å². The molecule has 3 amide bonds. The van der Waals surface area contributed by atoms with E-state index in [4.69, 9.17) is 15.2 Å². The molecular formula is C23H27N3O5. The van der Waals surface area contributed by atoms with E-state index in [-0.39, 0.29) is 37.3 Å². The van der Waals surface area contributed by atoms with E-state index >= 15 is 0 Å². The number of ether oxygens (including phenoxy) is 2. The third-order valence-corrected chi connectivity index (χ3v) is 5.26. The molecule has 0 aliphatic carbocycles. The second-order valence-corrected chi connectivity index (χ2v) is 7.60. The van der Waals surface area contributed by atoms with E-state index in [0.29, 0.717) is 17.1 Å². The number of nitrogens with two attached hydrogens (primary N) is 1. The van der Waals surface area contributed by atoms with Crippen LogP contribution in [0.25, 0.3) is 11.1 Å². The van der Waals surface area contributed by atoms with Crippen LogP contribution in [0.15, 0.2) is 42.5 Å². The van der Waals surface area contributed by atoms with Crippen molar-refractivity contribution in [1.29, 1.82) is 0 Å². The van der Waals surface area contributed by atoms with E-state index in [1.165, 1.54) is 11.9 Å². The van der Waals surface area contributed by atoms with E-state index in [1.54, 1.807) is 37.4 Å². The Morgan fingerprint density at radius 2 is 1.94 bits per heavy atom. The van der Waals surface area contributed by atoms with Gasteiger partial charge in [-0.15, -0.1) is 0 Å². The van der Waals surface area contributed by atoms with Crippen LogP contribution in [0.2, 0.25) is 0 Å². The van der Waals surface area contributed by atoms with E-state index in [1.807, 2.05) is 19.1 Å². The van der Waals surface area contributed by atoms with Crippen LogP contribution >= 0.6 is 0 Å². The van der Waals surface area contributed by atoms with Gasteiger partial charge in [0.15, 0.2) is 0 Å². The van der Waals surface area contributed by atoms with Crippen molar-refractivity contribution in [3.8, 4) is 22.6 Å². The summed E-state index contributed by atoms with van der Waals surface area (Å²) in [6, 6.07) is 11.3. The van der Waals surface area contributed by atoms with Crippen molar-refractivity contribution >= 4 is 17.7 Å². The molecule has 1 aliphatic rings. The molecule has 164 valence electrons. The first-order valence-corrected chi connectivity index (χ1v) is 10.1. The van der Waals surface area contributed by atoms with Gasteiger partial charge in [0.25, 0.3) is 5.91 Å². The number of methoxy groups -OCH3 is 1. The lowest BCUT2D eigenvalue weighted by atomic mass is 10.0. The highest BCUT2D eigenvalue weighted by atomic mass is 16.5. The quantitative estimate of drug-likeness (QED) is 0.764. The molecule has 2 bridgehead atoms. The zero-order chi connectivity index (χ0) is 22.5. The molecule has 2 aromatic rings. The molecule has 0 saturated carbocycles. The summed E-state index contributed by atoms with van der Waals surface area (Å²) < 4.78 is 11.3. The van der Waals surface area contributed by atoms with Gasteiger partial charge >= 0.3 is 0 Å². The lowest BCUT2D eigenvalue weighted by Gasteiger charge is -2.26. The molecule has 2 aromatic carbocycles.